The van der Waals surface area contributed by atoms with E-state index in [4.69, 9.17) is 0 Å². The lowest BCUT2D eigenvalue weighted by Gasteiger charge is -2.02. The Bertz CT molecular complexity index is 191. The molecule has 1 aliphatic rings. The third-order valence-corrected chi connectivity index (χ3v) is 2.32. The van der Waals surface area contributed by atoms with Crippen molar-refractivity contribution >= 4 is 11.5 Å². The molecule has 3 nitrogen and oxygen atoms in total. The highest BCUT2D eigenvalue weighted by atomic mass is 32.1. The molecule has 0 aliphatic carbocycles. The first-order valence-electron chi connectivity index (χ1n) is 3.47. The number of hydrogen-bond acceptors (Lipinski definition) is 4. The van der Waals surface area contributed by atoms with Gasteiger partial charge in [-0.05, 0) is 30.9 Å². The van der Waals surface area contributed by atoms with Crippen molar-refractivity contribution in [2.75, 3.05) is 6.54 Å². The van der Waals surface area contributed by atoms with Gasteiger partial charge in [-0.2, -0.15) is 0 Å². The quantitative estimate of drug-likeness (QED) is 0.656. The number of aromatic nitrogens is 2. The first kappa shape index (κ1) is 6.24. The van der Waals surface area contributed by atoms with Crippen LogP contribution in [0.4, 0.5) is 0 Å². The van der Waals surface area contributed by atoms with Gasteiger partial charge in [0.1, 0.15) is 0 Å². The molecule has 4 heteroatoms. The van der Waals surface area contributed by atoms with E-state index in [9.17, 15) is 0 Å². The Morgan fingerprint density at radius 1 is 1.70 bits per heavy atom. The van der Waals surface area contributed by atoms with Crippen molar-refractivity contribution in [3.63, 3.8) is 0 Å². The highest BCUT2D eigenvalue weighted by Crippen LogP contribution is 2.20. The molecule has 1 atom stereocenters. The maximum atomic E-state index is 4.00. The zero-order chi connectivity index (χ0) is 6.81. The van der Waals surface area contributed by atoms with Gasteiger partial charge in [0.2, 0.25) is 0 Å². The molecular weight excluding hydrogens is 146 g/mol. The summed E-state index contributed by atoms with van der Waals surface area (Å²) in [5.74, 6) is 0. The molecule has 10 heavy (non-hydrogen) atoms. The largest absolute Gasteiger partial charge is 0.309 e. The minimum Gasteiger partial charge on any atom is -0.309 e. The topological polar surface area (TPSA) is 37.8 Å². The van der Waals surface area contributed by atoms with Crippen LogP contribution in [0, 0.1) is 0 Å². The molecule has 2 heterocycles. The molecule has 54 valence electrons. The molecule has 1 N–H and O–H groups in total. The van der Waals surface area contributed by atoms with Crippen LogP contribution in [0.25, 0.3) is 0 Å². The standard InChI is InChI=1S/C6H9N3S/c1-2-5(7-3-1)6-4-10-9-8-6/h4-5,7H,1-3H2. The van der Waals surface area contributed by atoms with Crippen LogP contribution in [-0.2, 0) is 0 Å². The van der Waals surface area contributed by atoms with Gasteiger partial charge in [-0.3, -0.25) is 0 Å². The summed E-state index contributed by atoms with van der Waals surface area (Å²) in [6.45, 7) is 1.13. The van der Waals surface area contributed by atoms with Crippen LogP contribution in [0.1, 0.15) is 24.6 Å². The summed E-state index contributed by atoms with van der Waals surface area (Å²) in [5, 5.41) is 9.38. The molecule has 1 fully saturated rings. The Hall–Kier alpha value is -0.480. The molecule has 2 rings (SSSR count). The monoisotopic (exact) mass is 155 g/mol. The van der Waals surface area contributed by atoms with Crippen LogP contribution in [0.15, 0.2) is 5.38 Å². The van der Waals surface area contributed by atoms with E-state index in [1.807, 2.05) is 5.38 Å². The summed E-state index contributed by atoms with van der Waals surface area (Å²) in [7, 11) is 0. The van der Waals surface area contributed by atoms with E-state index in [1.54, 1.807) is 0 Å². The smallest absolute Gasteiger partial charge is 0.0924 e. The normalized spacial score (nSPS) is 25.4. The predicted octanol–water partition coefficient (Wildman–Crippen LogP) is 0.963. The Morgan fingerprint density at radius 3 is 3.30 bits per heavy atom. The molecule has 0 aromatic carbocycles. The van der Waals surface area contributed by atoms with E-state index in [-0.39, 0.29) is 0 Å². The molecule has 1 saturated heterocycles. The number of rotatable bonds is 1. The van der Waals surface area contributed by atoms with Gasteiger partial charge in [-0.15, -0.1) is 5.10 Å². The summed E-state index contributed by atoms with van der Waals surface area (Å²) in [5.41, 5.74) is 1.11. The van der Waals surface area contributed by atoms with E-state index < -0.39 is 0 Å². The van der Waals surface area contributed by atoms with Gasteiger partial charge in [-0.25, -0.2) is 0 Å². The summed E-state index contributed by atoms with van der Waals surface area (Å²) < 4.78 is 3.82. The highest BCUT2D eigenvalue weighted by molar-refractivity contribution is 7.03. The molecule has 1 aromatic rings. The molecule has 0 bridgehead atoms. The molecule has 0 amide bonds. The lowest BCUT2D eigenvalue weighted by molar-refractivity contribution is 0.625. The van der Waals surface area contributed by atoms with Crippen LogP contribution in [0.2, 0.25) is 0 Å². The second kappa shape index (κ2) is 2.64. The van der Waals surface area contributed by atoms with E-state index >= 15 is 0 Å². The molecule has 0 radical (unpaired) electrons. The van der Waals surface area contributed by atoms with Gasteiger partial charge in [0.15, 0.2) is 0 Å². The first-order valence-corrected chi connectivity index (χ1v) is 4.31. The van der Waals surface area contributed by atoms with E-state index in [2.05, 4.69) is 14.9 Å². The van der Waals surface area contributed by atoms with Crippen molar-refractivity contribution in [2.45, 2.75) is 18.9 Å². The van der Waals surface area contributed by atoms with Gasteiger partial charge in [0.25, 0.3) is 0 Å². The first-order chi connectivity index (χ1) is 4.97. The Labute approximate surface area is 63.6 Å². The summed E-state index contributed by atoms with van der Waals surface area (Å²) in [6.07, 6.45) is 2.48. The van der Waals surface area contributed by atoms with E-state index in [0.29, 0.717) is 6.04 Å². The zero-order valence-electron chi connectivity index (χ0n) is 5.58. The molecule has 1 unspecified atom stereocenters. The fourth-order valence-corrected chi connectivity index (χ4v) is 1.77. The minimum absolute atomic E-state index is 0.485. The van der Waals surface area contributed by atoms with E-state index in [1.165, 1.54) is 24.4 Å². The van der Waals surface area contributed by atoms with Crippen molar-refractivity contribution < 1.29 is 0 Å². The van der Waals surface area contributed by atoms with Crippen molar-refractivity contribution in [1.82, 2.24) is 14.9 Å². The highest BCUT2D eigenvalue weighted by Gasteiger charge is 2.17. The van der Waals surface area contributed by atoms with Gasteiger partial charge < -0.3 is 5.32 Å². The third-order valence-electron chi connectivity index (χ3n) is 1.79. The minimum atomic E-state index is 0.485. The number of nitrogens with zero attached hydrogens (tertiary/aromatic N) is 2. The lowest BCUT2D eigenvalue weighted by atomic mass is 10.2. The Balaban J connectivity index is 2.12. The van der Waals surface area contributed by atoms with Crippen molar-refractivity contribution in [3.05, 3.63) is 11.1 Å². The summed E-state index contributed by atoms with van der Waals surface area (Å²) in [6, 6.07) is 0.485. The van der Waals surface area contributed by atoms with Crippen LogP contribution in [-0.4, -0.2) is 16.1 Å². The van der Waals surface area contributed by atoms with Crippen molar-refractivity contribution in [3.8, 4) is 0 Å². The van der Waals surface area contributed by atoms with E-state index in [0.717, 1.165) is 12.2 Å². The zero-order valence-corrected chi connectivity index (χ0v) is 6.40. The predicted molar refractivity (Wildman–Crippen MR) is 39.9 cm³/mol. The fraction of sp³-hybridized carbons (Fsp3) is 0.667. The van der Waals surface area contributed by atoms with Crippen molar-refractivity contribution in [2.24, 2.45) is 0 Å². The maximum Gasteiger partial charge on any atom is 0.0924 e. The van der Waals surface area contributed by atoms with Crippen molar-refractivity contribution in [1.29, 1.82) is 0 Å². The second-order valence-electron chi connectivity index (χ2n) is 2.48. The molecule has 1 aromatic heterocycles. The van der Waals surface area contributed by atoms with Crippen LogP contribution in [0.5, 0.6) is 0 Å². The fourth-order valence-electron chi connectivity index (χ4n) is 1.26. The Kier molecular flexibility index (Phi) is 1.65. The number of nitrogens with one attached hydrogen (secondary N) is 1. The second-order valence-corrected chi connectivity index (χ2v) is 3.09. The van der Waals surface area contributed by atoms with Gasteiger partial charge in [-0.1, -0.05) is 4.49 Å². The molecular formula is C6H9N3S. The molecule has 0 spiro atoms. The van der Waals surface area contributed by atoms with Crippen LogP contribution < -0.4 is 5.32 Å². The molecule has 0 saturated carbocycles. The SMILES string of the molecule is c1snnc1C1CCCN1. The maximum absolute atomic E-state index is 4.00. The molecule has 1 aliphatic heterocycles. The summed E-state index contributed by atoms with van der Waals surface area (Å²) in [4.78, 5) is 0. The van der Waals surface area contributed by atoms with Gasteiger partial charge in [0, 0.05) is 5.38 Å². The average Bonchev–Trinajstić information content (AvgIpc) is 2.59. The van der Waals surface area contributed by atoms with Crippen LogP contribution >= 0.6 is 11.5 Å². The van der Waals surface area contributed by atoms with Gasteiger partial charge >= 0.3 is 0 Å². The lowest BCUT2D eigenvalue weighted by Crippen LogP contribution is -2.12. The van der Waals surface area contributed by atoms with Crippen LogP contribution in [0.3, 0.4) is 0 Å². The number of hydrogen-bond donors (Lipinski definition) is 1. The Morgan fingerprint density at radius 2 is 2.70 bits per heavy atom. The summed E-state index contributed by atoms with van der Waals surface area (Å²) >= 11 is 1.43. The third kappa shape index (κ3) is 1.04. The van der Waals surface area contributed by atoms with Gasteiger partial charge in [0.05, 0.1) is 11.7 Å². The average molecular weight is 155 g/mol.